The third kappa shape index (κ3) is 2.66. The van der Waals surface area contributed by atoms with Crippen molar-refractivity contribution in [3.05, 3.63) is 23.3 Å². The molecule has 0 aliphatic heterocycles. The number of carbonyl (C=O) groups excluding carboxylic acids is 3. The SMILES string of the molecule is CCNC(=O)[C@]12CCC(C)(C)CC1C1C(=O)C=C3[C@@]4(C)C=C(C#N)C(=O)C5(C)C[C@]54CC[C@@]3(C)[C@]1(C)CC2. The van der Waals surface area contributed by atoms with E-state index < -0.39 is 16.2 Å². The molecule has 204 valence electrons. The molecule has 0 bridgehead atoms. The summed E-state index contributed by atoms with van der Waals surface area (Å²) >= 11 is 0. The summed E-state index contributed by atoms with van der Waals surface area (Å²) in [5.74, 6) is 0.125. The van der Waals surface area contributed by atoms with E-state index in [4.69, 9.17) is 0 Å². The van der Waals surface area contributed by atoms with Gasteiger partial charge in [0.25, 0.3) is 0 Å². The molecule has 38 heavy (non-hydrogen) atoms. The van der Waals surface area contributed by atoms with Gasteiger partial charge in [-0.15, -0.1) is 0 Å². The monoisotopic (exact) mass is 516 g/mol. The molecule has 1 amide bonds. The van der Waals surface area contributed by atoms with Gasteiger partial charge in [-0.2, -0.15) is 5.26 Å². The summed E-state index contributed by atoms with van der Waals surface area (Å²) in [6, 6.07) is 2.21. The lowest BCUT2D eigenvalue weighted by Crippen LogP contribution is -2.66. The molecule has 0 saturated heterocycles. The normalized spacial score (nSPS) is 50.1. The molecule has 6 aliphatic rings. The van der Waals surface area contributed by atoms with E-state index in [-0.39, 0.29) is 56.5 Å². The third-order valence-corrected chi connectivity index (χ3v) is 13.6. The average Bonchev–Trinajstić information content (AvgIpc) is 3.49. The molecule has 0 aromatic rings. The lowest BCUT2D eigenvalue weighted by molar-refractivity contribution is -0.177. The Morgan fingerprint density at radius 1 is 1.00 bits per heavy atom. The van der Waals surface area contributed by atoms with Crippen LogP contribution in [0.5, 0.6) is 0 Å². The first-order valence-electron chi connectivity index (χ1n) is 14.8. The number of allylic oxidation sites excluding steroid dienone is 4. The van der Waals surface area contributed by atoms with Gasteiger partial charge in [-0.3, -0.25) is 14.4 Å². The highest BCUT2D eigenvalue weighted by Gasteiger charge is 2.81. The summed E-state index contributed by atoms with van der Waals surface area (Å²) in [6.07, 6.45) is 11.0. The topological polar surface area (TPSA) is 87.0 Å². The van der Waals surface area contributed by atoms with Crippen molar-refractivity contribution in [2.24, 2.45) is 49.7 Å². The van der Waals surface area contributed by atoms with E-state index in [1.807, 2.05) is 26.0 Å². The molecule has 1 N–H and O–H groups in total. The Labute approximate surface area is 227 Å². The molecule has 1 spiro atoms. The predicted molar refractivity (Wildman–Crippen MR) is 145 cm³/mol. The van der Waals surface area contributed by atoms with Crippen molar-refractivity contribution >= 4 is 17.5 Å². The average molecular weight is 517 g/mol. The Hall–Kier alpha value is -2.22. The molecule has 0 heterocycles. The molecular weight excluding hydrogens is 472 g/mol. The molecule has 4 fully saturated rings. The second-order valence-corrected chi connectivity index (χ2v) is 15.5. The molecular formula is C33H44N2O3. The number of hydrogen-bond acceptors (Lipinski definition) is 4. The molecule has 0 radical (unpaired) electrons. The van der Waals surface area contributed by atoms with E-state index in [1.165, 1.54) is 0 Å². The van der Waals surface area contributed by atoms with Crippen molar-refractivity contribution < 1.29 is 14.4 Å². The number of amides is 1. The number of ketones is 2. The minimum absolute atomic E-state index is 0.0123. The van der Waals surface area contributed by atoms with E-state index in [9.17, 15) is 19.6 Å². The van der Waals surface area contributed by atoms with Gasteiger partial charge in [0.1, 0.15) is 6.07 Å². The van der Waals surface area contributed by atoms with Crippen LogP contribution in [0.1, 0.15) is 99.8 Å². The molecule has 5 heteroatoms. The number of nitrogens with one attached hydrogen (secondary N) is 1. The van der Waals surface area contributed by atoms with Crippen molar-refractivity contribution in [2.75, 3.05) is 6.54 Å². The Morgan fingerprint density at radius 2 is 1.68 bits per heavy atom. The smallest absolute Gasteiger partial charge is 0.226 e. The number of fused-ring (bicyclic) bond motifs is 6. The van der Waals surface area contributed by atoms with Gasteiger partial charge in [-0.25, -0.2) is 0 Å². The number of rotatable bonds is 2. The first-order valence-corrected chi connectivity index (χ1v) is 14.8. The van der Waals surface area contributed by atoms with Crippen LogP contribution in [-0.2, 0) is 14.4 Å². The summed E-state index contributed by atoms with van der Waals surface area (Å²) in [6.45, 7) is 16.1. The Kier molecular flexibility index (Phi) is 4.99. The molecule has 0 aromatic carbocycles. The summed E-state index contributed by atoms with van der Waals surface area (Å²) in [4.78, 5) is 41.5. The highest BCUT2D eigenvalue weighted by atomic mass is 16.2. The summed E-state index contributed by atoms with van der Waals surface area (Å²) in [5.41, 5.74) is -0.704. The van der Waals surface area contributed by atoms with Crippen LogP contribution < -0.4 is 5.32 Å². The fourth-order valence-corrected chi connectivity index (χ4v) is 11.1. The largest absolute Gasteiger partial charge is 0.356 e. The third-order valence-electron chi connectivity index (χ3n) is 13.6. The standard InChI is InChI=1S/C33H44N2O3/c1-8-35-26(38)32-12-9-27(2,3)17-21(32)24-22(36)15-23-28(4,29(24,5)10-13-32)11-14-33-19-31(33,7)25(37)20(18-34)16-30(23,33)6/h15-16,21,24H,8-14,17,19H2,1-7H3,(H,35,38)/t21?,24?,28-,29-,30-,31?,32+,33+/m1/s1. The van der Waals surface area contributed by atoms with Crippen LogP contribution in [0.4, 0.5) is 0 Å². The maximum Gasteiger partial charge on any atom is 0.226 e. The van der Waals surface area contributed by atoms with Crippen LogP contribution in [0.25, 0.3) is 0 Å². The quantitative estimate of drug-likeness (QED) is 0.481. The van der Waals surface area contributed by atoms with Gasteiger partial charge < -0.3 is 5.32 Å². The second-order valence-electron chi connectivity index (χ2n) is 15.5. The number of Topliss-reactive ketones (excluding diaryl/α,β-unsaturated/α-hetero) is 1. The zero-order chi connectivity index (χ0) is 27.7. The van der Waals surface area contributed by atoms with Crippen LogP contribution in [0.3, 0.4) is 0 Å². The molecule has 4 saturated carbocycles. The molecule has 6 aliphatic carbocycles. The van der Waals surface area contributed by atoms with Gasteiger partial charge in [0.2, 0.25) is 5.91 Å². The number of nitrogens with zero attached hydrogens (tertiary/aromatic N) is 1. The van der Waals surface area contributed by atoms with E-state index >= 15 is 0 Å². The van der Waals surface area contributed by atoms with Crippen LogP contribution >= 0.6 is 0 Å². The zero-order valence-corrected chi connectivity index (χ0v) is 24.3. The first kappa shape index (κ1) is 26.0. The minimum atomic E-state index is -0.516. The minimum Gasteiger partial charge on any atom is -0.356 e. The van der Waals surface area contributed by atoms with Crippen molar-refractivity contribution in [3.8, 4) is 6.07 Å². The molecule has 3 unspecified atom stereocenters. The van der Waals surface area contributed by atoms with Crippen molar-refractivity contribution in [3.63, 3.8) is 0 Å². The highest BCUT2D eigenvalue weighted by Crippen LogP contribution is 2.85. The maximum absolute atomic E-state index is 14.5. The number of nitriles is 1. The lowest BCUT2D eigenvalue weighted by Gasteiger charge is -2.68. The Balaban J connectivity index is 1.53. The summed E-state index contributed by atoms with van der Waals surface area (Å²) < 4.78 is 0. The van der Waals surface area contributed by atoms with E-state index in [0.717, 1.165) is 56.9 Å². The van der Waals surface area contributed by atoms with Gasteiger partial charge in [0, 0.05) is 23.3 Å². The zero-order valence-electron chi connectivity index (χ0n) is 24.3. The Bertz CT molecular complexity index is 1290. The van der Waals surface area contributed by atoms with Gasteiger partial charge in [-0.1, -0.05) is 47.6 Å². The van der Waals surface area contributed by atoms with Crippen LogP contribution in [0.15, 0.2) is 23.3 Å². The van der Waals surface area contributed by atoms with Gasteiger partial charge in [0.15, 0.2) is 11.6 Å². The van der Waals surface area contributed by atoms with E-state index in [2.05, 4.69) is 46.0 Å². The predicted octanol–water partition coefficient (Wildman–Crippen LogP) is 6.10. The van der Waals surface area contributed by atoms with Gasteiger partial charge in [-0.05, 0) is 97.5 Å². The van der Waals surface area contributed by atoms with E-state index in [0.29, 0.717) is 6.54 Å². The van der Waals surface area contributed by atoms with Gasteiger partial charge >= 0.3 is 0 Å². The number of carbonyl (C=O) groups is 3. The molecule has 6 rings (SSSR count). The van der Waals surface area contributed by atoms with E-state index in [1.54, 1.807) is 0 Å². The van der Waals surface area contributed by atoms with Gasteiger partial charge in [0.05, 0.1) is 11.0 Å². The Morgan fingerprint density at radius 3 is 2.34 bits per heavy atom. The highest BCUT2D eigenvalue weighted by molar-refractivity contribution is 6.08. The fraction of sp³-hybridized carbons (Fsp3) is 0.758. The maximum atomic E-state index is 14.5. The molecule has 0 aromatic heterocycles. The summed E-state index contributed by atoms with van der Waals surface area (Å²) in [7, 11) is 0. The molecule has 5 nitrogen and oxygen atoms in total. The van der Waals surface area contributed by atoms with Crippen molar-refractivity contribution in [1.29, 1.82) is 5.26 Å². The first-order chi connectivity index (χ1) is 17.6. The second kappa shape index (κ2) is 7.29. The number of hydrogen-bond donors (Lipinski definition) is 1. The van der Waals surface area contributed by atoms with Crippen LogP contribution in [0.2, 0.25) is 0 Å². The van der Waals surface area contributed by atoms with Crippen LogP contribution in [-0.4, -0.2) is 24.0 Å². The molecule has 8 atom stereocenters. The van der Waals surface area contributed by atoms with Crippen LogP contribution in [0, 0.1) is 61.1 Å². The lowest BCUT2D eigenvalue weighted by atomic mass is 9.34. The van der Waals surface area contributed by atoms with Crippen molar-refractivity contribution in [2.45, 2.75) is 99.8 Å². The fourth-order valence-electron chi connectivity index (χ4n) is 11.1. The van der Waals surface area contributed by atoms with Crippen molar-refractivity contribution in [1.82, 2.24) is 5.32 Å². The summed E-state index contributed by atoms with van der Waals surface area (Å²) in [5, 5.41) is 13.1.